The molecule has 1 aromatic carbocycles. The van der Waals surface area contributed by atoms with Crippen LogP contribution in [0.25, 0.3) is 0 Å². The lowest BCUT2D eigenvalue weighted by atomic mass is 9.92. The molecule has 0 aromatic heterocycles. The minimum Gasteiger partial charge on any atom is -0.454 e. The van der Waals surface area contributed by atoms with Crippen LogP contribution < -0.4 is 14.8 Å². The van der Waals surface area contributed by atoms with Gasteiger partial charge in [0, 0.05) is 29.4 Å². The molecular formula is C12H11ClN2O5. The van der Waals surface area contributed by atoms with Gasteiger partial charge in [-0.25, -0.2) is 0 Å². The molecule has 2 aliphatic rings. The number of hydrogen-bond acceptors (Lipinski definition) is 5. The monoisotopic (exact) mass is 298 g/mol. The van der Waals surface area contributed by atoms with Gasteiger partial charge in [-0.15, -0.1) is 0 Å². The van der Waals surface area contributed by atoms with E-state index in [4.69, 9.17) is 21.1 Å². The van der Waals surface area contributed by atoms with Crippen LogP contribution in [0.4, 0.5) is 0 Å². The van der Waals surface area contributed by atoms with Gasteiger partial charge in [0.1, 0.15) is 6.04 Å². The minimum absolute atomic E-state index is 0.0881. The van der Waals surface area contributed by atoms with E-state index in [0.717, 1.165) is 0 Å². The zero-order valence-corrected chi connectivity index (χ0v) is 11.1. The normalized spacial score (nSPS) is 24.4. The summed E-state index contributed by atoms with van der Waals surface area (Å²) in [7, 11) is 0. The van der Waals surface area contributed by atoms with E-state index in [1.165, 1.54) is 0 Å². The van der Waals surface area contributed by atoms with Crippen LogP contribution in [-0.2, 0) is 4.79 Å². The standard InChI is InChI=1S/C12H11ClN2O5/c13-7-4-10-9(19-5-20-10)3-6(7)12-8(15(17)18)1-2-11(16)14-12/h3-4,8,12H,1-2,5H2,(H,14,16)/t8-,12+/m1/s1. The first kappa shape index (κ1) is 13.0. The Hall–Kier alpha value is -2.02. The third kappa shape index (κ3) is 2.14. The van der Waals surface area contributed by atoms with Gasteiger partial charge in [-0.2, -0.15) is 0 Å². The number of piperidine rings is 1. The molecule has 7 nitrogen and oxygen atoms in total. The Morgan fingerprint density at radius 3 is 2.75 bits per heavy atom. The van der Waals surface area contributed by atoms with Gasteiger partial charge in [0.05, 0.1) is 5.02 Å². The summed E-state index contributed by atoms with van der Waals surface area (Å²) in [4.78, 5) is 22.3. The summed E-state index contributed by atoms with van der Waals surface area (Å²) in [5, 5.41) is 14.1. The average Bonchev–Trinajstić information content (AvgIpc) is 2.84. The molecule has 2 atom stereocenters. The van der Waals surface area contributed by atoms with Crippen LogP contribution in [0.15, 0.2) is 12.1 Å². The largest absolute Gasteiger partial charge is 0.454 e. The molecule has 0 aliphatic carbocycles. The lowest BCUT2D eigenvalue weighted by molar-refractivity contribution is -0.529. The molecule has 1 fully saturated rings. The number of benzene rings is 1. The van der Waals surface area contributed by atoms with Crippen molar-refractivity contribution in [2.75, 3.05) is 6.79 Å². The van der Waals surface area contributed by atoms with Gasteiger partial charge >= 0.3 is 0 Å². The number of halogens is 1. The molecular weight excluding hydrogens is 288 g/mol. The molecule has 106 valence electrons. The van der Waals surface area contributed by atoms with E-state index >= 15 is 0 Å². The van der Waals surface area contributed by atoms with Gasteiger partial charge < -0.3 is 14.8 Å². The van der Waals surface area contributed by atoms with Gasteiger partial charge in [-0.05, 0) is 6.07 Å². The van der Waals surface area contributed by atoms with Gasteiger partial charge in [-0.1, -0.05) is 11.6 Å². The maximum Gasteiger partial charge on any atom is 0.237 e. The maximum absolute atomic E-state index is 11.5. The van der Waals surface area contributed by atoms with E-state index in [9.17, 15) is 14.9 Å². The summed E-state index contributed by atoms with van der Waals surface area (Å²) in [6.45, 7) is 0.0881. The highest BCUT2D eigenvalue weighted by molar-refractivity contribution is 6.31. The quantitative estimate of drug-likeness (QED) is 0.662. The number of carbonyl (C=O) groups is 1. The Morgan fingerprint density at radius 2 is 2.05 bits per heavy atom. The first-order valence-corrected chi connectivity index (χ1v) is 6.46. The Bertz CT molecular complexity index is 591. The molecule has 2 heterocycles. The Kier molecular flexibility index (Phi) is 3.13. The summed E-state index contributed by atoms with van der Waals surface area (Å²) in [5.74, 6) is 0.756. The highest BCUT2D eigenvalue weighted by atomic mass is 35.5. The van der Waals surface area contributed by atoms with Crippen LogP contribution in [0.3, 0.4) is 0 Å². The summed E-state index contributed by atoms with van der Waals surface area (Å²) in [6.07, 6.45) is 0.332. The van der Waals surface area contributed by atoms with Gasteiger partial charge in [0.25, 0.3) is 0 Å². The maximum atomic E-state index is 11.5. The van der Waals surface area contributed by atoms with E-state index in [1.807, 2.05) is 0 Å². The van der Waals surface area contributed by atoms with Crippen molar-refractivity contribution in [1.82, 2.24) is 5.32 Å². The van der Waals surface area contributed by atoms with E-state index in [0.29, 0.717) is 22.1 Å². The predicted molar refractivity (Wildman–Crippen MR) is 68.5 cm³/mol. The van der Waals surface area contributed by atoms with Crippen molar-refractivity contribution >= 4 is 17.5 Å². The highest BCUT2D eigenvalue weighted by Gasteiger charge is 2.39. The van der Waals surface area contributed by atoms with Crippen molar-refractivity contribution in [3.8, 4) is 11.5 Å². The zero-order valence-electron chi connectivity index (χ0n) is 10.3. The van der Waals surface area contributed by atoms with Gasteiger partial charge in [0.15, 0.2) is 11.5 Å². The molecule has 3 rings (SSSR count). The number of carbonyl (C=O) groups excluding carboxylic acids is 1. The number of amides is 1. The molecule has 0 radical (unpaired) electrons. The van der Waals surface area contributed by atoms with Crippen LogP contribution in [0.5, 0.6) is 11.5 Å². The van der Waals surface area contributed by atoms with Crippen molar-refractivity contribution in [1.29, 1.82) is 0 Å². The molecule has 1 saturated heterocycles. The molecule has 0 bridgehead atoms. The highest BCUT2D eigenvalue weighted by Crippen LogP contribution is 2.40. The van der Waals surface area contributed by atoms with Crippen molar-refractivity contribution in [2.45, 2.75) is 24.9 Å². The fraction of sp³-hybridized carbons (Fsp3) is 0.417. The Labute approximate surface area is 119 Å². The van der Waals surface area contributed by atoms with Crippen LogP contribution in [-0.4, -0.2) is 23.7 Å². The van der Waals surface area contributed by atoms with E-state index in [-0.39, 0.29) is 30.5 Å². The third-order valence-corrected chi connectivity index (χ3v) is 3.79. The number of nitro groups is 1. The molecule has 2 aliphatic heterocycles. The molecule has 8 heteroatoms. The smallest absolute Gasteiger partial charge is 0.237 e. The number of rotatable bonds is 2. The lowest BCUT2D eigenvalue weighted by Crippen LogP contribution is -2.45. The van der Waals surface area contributed by atoms with Crippen molar-refractivity contribution < 1.29 is 19.2 Å². The molecule has 0 saturated carbocycles. The summed E-state index contributed by atoms with van der Waals surface area (Å²) < 4.78 is 10.4. The number of fused-ring (bicyclic) bond motifs is 1. The molecule has 20 heavy (non-hydrogen) atoms. The van der Waals surface area contributed by atoms with E-state index in [1.54, 1.807) is 12.1 Å². The van der Waals surface area contributed by atoms with Crippen molar-refractivity contribution in [3.63, 3.8) is 0 Å². The fourth-order valence-corrected chi connectivity index (χ4v) is 2.74. The van der Waals surface area contributed by atoms with Crippen LogP contribution in [0.1, 0.15) is 24.4 Å². The molecule has 0 spiro atoms. The molecule has 1 amide bonds. The van der Waals surface area contributed by atoms with Crippen LogP contribution in [0, 0.1) is 10.1 Å². The predicted octanol–water partition coefficient (Wildman–Crippen LogP) is 1.67. The lowest BCUT2D eigenvalue weighted by Gasteiger charge is -2.27. The summed E-state index contributed by atoms with van der Waals surface area (Å²) in [6, 6.07) is 1.49. The number of nitrogens with one attached hydrogen (secondary N) is 1. The first-order chi connectivity index (χ1) is 9.56. The van der Waals surface area contributed by atoms with Crippen LogP contribution >= 0.6 is 11.6 Å². The van der Waals surface area contributed by atoms with Gasteiger partial charge in [-0.3, -0.25) is 14.9 Å². The number of hydrogen-bond donors (Lipinski definition) is 1. The molecule has 1 aromatic rings. The Morgan fingerprint density at radius 1 is 1.35 bits per heavy atom. The second-order valence-electron chi connectivity index (χ2n) is 4.66. The van der Waals surface area contributed by atoms with E-state index < -0.39 is 12.1 Å². The topological polar surface area (TPSA) is 90.7 Å². The van der Waals surface area contributed by atoms with Gasteiger partial charge in [0.2, 0.25) is 18.7 Å². The Balaban J connectivity index is 2.01. The van der Waals surface area contributed by atoms with Crippen molar-refractivity contribution in [3.05, 3.63) is 32.8 Å². The number of ether oxygens (including phenoxy) is 2. The SMILES string of the molecule is O=C1CC[C@@H]([N+](=O)[O-])[C@H](c2cc3c(cc2Cl)OCO3)N1. The fourth-order valence-electron chi connectivity index (χ4n) is 2.47. The molecule has 1 N–H and O–H groups in total. The van der Waals surface area contributed by atoms with Crippen LogP contribution in [0.2, 0.25) is 5.02 Å². The molecule has 0 unspecified atom stereocenters. The minimum atomic E-state index is -0.898. The second kappa shape index (κ2) is 4.82. The zero-order chi connectivity index (χ0) is 14.3. The average molecular weight is 299 g/mol. The summed E-state index contributed by atoms with van der Waals surface area (Å²) in [5.41, 5.74) is 0.477. The summed E-state index contributed by atoms with van der Waals surface area (Å²) >= 11 is 6.15. The van der Waals surface area contributed by atoms with Crippen molar-refractivity contribution in [2.24, 2.45) is 0 Å². The third-order valence-electron chi connectivity index (χ3n) is 3.47. The second-order valence-corrected chi connectivity index (χ2v) is 5.07. The number of nitrogens with zero attached hydrogens (tertiary/aromatic N) is 1. The van der Waals surface area contributed by atoms with E-state index in [2.05, 4.69) is 5.32 Å². The first-order valence-electron chi connectivity index (χ1n) is 6.08.